The largest absolute Gasteiger partial charge is 0.376 e. The Bertz CT molecular complexity index is 926. The molecule has 2 aromatic carbocycles. The molecule has 1 fully saturated rings. The molecule has 0 amide bonds. The Labute approximate surface area is 180 Å². The SMILES string of the molecule is O=S(=O)(NCCN1CCCOC(Cc2ccc(F)cc2)C1)c1cccc(Cl)c1Cl. The van der Waals surface area contributed by atoms with E-state index in [9.17, 15) is 12.8 Å². The normalized spacial score (nSPS) is 18.5. The highest BCUT2D eigenvalue weighted by Crippen LogP contribution is 2.28. The molecule has 1 unspecified atom stereocenters. The molecule has 1 aliphatic rings. The fourth-order valence-corrected chi connectivity index (χ4v) is 5.07. The molecule has 1 N–H and O–H groups in total. The van der Waals surface area contributed by atoms with E-state index < -0.39 is 10.0 Å². The number of hydrogen-bond donors (Lipinski definition) is 1. The fraction of sp³-hybridized carbons (Fsp3) is 0.400. The molecule has 1 heterocycles. The van der Waals surface area contributed by atoms with E-state index in [0.717, 1.165) is 18.5 Å². The Hall–Kier alpha value is -1.22. The van der Waals surface area contributed by atoms with E-state index >= 15 is 0 Å². The topological polar surface area (TPSA) is 58.6 Å². The maximum atomic E-state index is 13.1. The fourth-order valence-electron chi connectivity index (χ4n) is 3.29. The zero-order valence-corrected chi connectivity index (χ0v) is 18.1. The van der Waals surface area contributed by atoms with E-state index in [2.05, 4.69) is 9.62 Å². The summed E-state index contributed by atoms with van der Waals surface area (Å²) >= 11 is 11.9. The summed E-state index contributed by atoms with van der Waals surface area (Å²) in [7, 11) is -3.75. The number of rotatable bonds is 7. The van der Waals surface area contributed by atoms with Crippen molar-refractivity contribution < 1.29 is 17.5 Å². The molecule has 29 heavy (non-hydrogen) atoms. The third kappa shape index (κ3) is 6.38. The molecular formula is C20H23Cl2FN2O3S. The third-order valence-corrected chi connectivity index (χ3v) is 7.17. The van der Waals surface area contributed by atoms with Gasteiger partial charge in [0.2, 0.25) is 10.0 Å². The second-order valence-electron chi connectivity index (χ2n) is 6.93. The van der Waals surface area contributed by atoms with Crippen LogP contribution < -0.4 is 4.72 Å². The number of nitrogens with zero attached hydrogens (tertiary/aromatic N) is 1. The molecule has 0 spiro atoms. The predicted octanol–water partition coefficient (Wildman–Crippen LogP) is 3.74. The lowest BCUT2D eigenvalue weighted by Gasteiger charge is -2.24. The van der Waals surface area contributed by atoms with Crippen LogP contribution in [0, 0.1) is 5.82 Å². The lowest BCUT2D eigenvalue weighted by atomic mass is 10.1. The monoisotopic (exact) mass is 460 g/mol. The van der Waals surface area contributed by atoms with Crippen molar-refractivity contribution in [1.29, 1.82) is 0 Å². The molecule has 1 saturated heterocycles. The van der Waals surface area contributed by atoms with Crippen molar-refractivity contribution >= 4 is 33.2 Å². The lowest BCUT2D eigenvalue weighted by Crippen LogP contribution is -2.39. The number of benzene rings is 2. The summed E-state index contributed by atoms with van der Waals surface area (Å²) in [5, 5.41) is 0.215. The molecule has 0 bridgehead atoms. The second-order valence-corrected chi connectivity index (χ2v) is 9.45. The molecule has 0 aliphatic carbocycles. The van der Waals surface area contributed by atoms with Crippen molar-refractivity contribution in [2.24, 2.45) is 0 Å². The van der Waals surface area contributed by atoms with E-state index in [1.807, 2.05) is 0 Å². The van der Waals surface area contributed by atoms with E-state index in [1.54, 1.807) is 24.3 Å². The summed E-state index contributed by atoms with van der Waals surface area (Å²) in [6.07, 6.45) is 1.52. The number of halogens is 3. The summed E-state index contributed by atoms with van der Waals surface area (Å²) in [5.41, 5.74) is 1.01. The number of hydrogen-bond acceptors (Lipinski definition) is 4. The van der Waals surface area contributed by atoms with Gasteiger partial charge in [-0.05, 0) is 42.7 Å². The van der Waals surface area contributed by atoms with Crippen LogP contribution in [0.15, 0.2) is 47.4 Å². The standard InChI is InChI=1S/C20H23Cl2FN2O3S/c21-18-3-1-4-19(20(18)22)29(26,27)24-9-11-25-10-2-12-28-17(14-25)13-15-5-7-16(23)8-6-15/h1,3-8,17,24H,2,9-14H2. The minimum absolute atomic E-state index is 0.0178. The van der Waals surface area contributed by atoms with E-state index in [1.165, 1.54) is 18.2 Å². The first-order valence-corrected chi connectivity index (χ1v) is 11.6. The molecular weight excluding hydrogens is 438 g/mol. The first-order chi connectivity index (χ1) is 13.8. The van der Waals surface area contributed by atoms with Crippen molar-refractivity contribution in [3.05, 3.63) is 63.9 Å². The highest BCUT2D eigenvalue weighted by Gasteiger charge is 2.22. The maximum Gasteiger partial charge on any atom is 0.242 e. The molecule has 0 radical (unpaired) electrons. The Balaban J connectivity index is 1.55. The molecule has 0 aromatic heterocycles. The van der Waals surface area contributed by atoms with Crippen molar-refractivity contribution in [1.82, 2.24) is 9.62 Å². The Morgan fingerprint density at radius 3 is 2.69 bits per heavy atom. The van der Waals surface area contributed by atoms with Crippen LogP contribution in [-0.4, -0.2) is 52.2 Å². The predicted molar refractivity (Wildman–Crippen MR) is 113 cm³/mol. The van der Waals surface area contributed by atoms with Crippen LogP contribution in [0.4, 0.5) is 4.39 Å². The van der Waals surface area contributed by atoms with Gasteiger partial charge in [0.15, 0.2) is 0 Å². The average Bonchev–Trinajstić information content (AvgIpc) is 2.90. The van der Waals surface area contributed by atoms with Crippen molar-refractivity contribution in [2.45, 2.75) is 23.8 Å². The van der Waals surface area contributed by atoms with Gasteiger partial charge in [0, 0.05) is 32.8 Å². The van der Waals surface area contributed by atoms with Gasteiger partial charge in [-0.1, -0.05) is 41.4 Å². The van der Waals surface area contributed by atoms with Gasteiger partial charge < -0.3 is 4.74 Å². The smallest absolute Gasteiger partial charge is 0.242 e. The summed E-state index contributed by atoms with van der Waals surface area (Å²) < 4.78 is 46.6. The van der Waals surface area contributed by atoms with Crippen LogP contribution in [0.2, 0.25) is 10.0 Å². The van der Waals surface area contributed by atoms with Gasteiger partial charge in [-0.15, -0.1) is 0 Å². The van der Waals surface area contributed by atoms with Gasteiger partial charge in [0.1, 0.15) is 10.7 Å². The Morgan fingerprint density at radius 1 is 1.17 bits per heavy atom. The molecule has 5 nitrogen and oxygen atoms in total. The molecule has 2 aromatic rings. The first-order valence-electron chi connectivity index (χ1n) is 9.37. The highest BCUT2D eigenvalue weighted by atomic mass is 35.5. The summed E-state index contributed by atoms with van der Waals surface area (Å²) in [4.78, 5) is 2.14. The van der Waals surface area contributed by atoms with Gasteiger partial charge in [-0.25, -0.2) is 17.5 Å². The van der Waals surface area contributed by atoms with Crippen molar-refractivity contribution in [2.75, 3.05) is 32.8 Å². The average molecular weight is 461 g/mol. The third-order valence-electron chi connectivity index (χ3n) is 4.74. The zero-order valence-electron chi connectivity index (χ0n) is 15.8. The van der Waals surface area contributed by atoms with Crippen LogP contribution in [0.1, 0.15) is 12.0 Å². The summed E-state index contributed by atoms with van der Waals surface area (Å²) in [6.45, 7) is 2.93. The maximum absolute atomic E-state index is 13.1. The summed E-state index contributed by atoms with van der Waals surface area (Å²) in [5.74, 6) is -0.260. The minimum atomic E-state index is -3.75. The summed E-state index contributed by atoms with van der Waals surface area (Å²) in [6, 6.07) is 10.9. The van der Waals surface area contributed by atoms with Crippen LogP contribution >= 0.6 is 23.2 Å². The van der Waals surface area contributed by atoms with Crippen molar-refractivity contribution in [3.8, 4) is 0 Å². The van der Waals surface area contributed by atoms with E-state index in [4.69, 9.17) is 27.9 Å². The molecule has 158 valence electrons. The number of sulfonamides is 1. The number of nitrogens with one attached hydrogen (secondary N) is 1. The van der Waals surface area contributed by atoms with Gasteiger partial charge in [0.05, 0.1) is 16.1 Å². The highest BCUT2D eigenvalue weighted by molar-refractivity contribution is 7.89. The van der Waals surface area contributed by atoms with Crippen molar-refractivity contribution in [3.63, 3.8) is 0 Å². The Kier molecular flexibility index (Phi) is 7.90. The van der Waals surface area contributed by atoms with Crippen LogP contribution in [0.3, 0.4) is 0 Å². The van der Waals surface area contributed by atoms with Crippen LogP contribution in [0.25, 0.3) is 0 Å². The molecule has 1 atom stereocenters. The molecule has 9 heteroatoms. The Morgan fingerprint density at radius 2 is 1.93 bits per heavy atom. The van der Waals surface area contributed by atoms with Gasteiger partial charge in [-0.2, -0.15) is 0 Å². The first kappa shape index (κ1) is 22.5. The van der Waals surface area contributed by atoms with E-state index in [-0.39, 0.29) is 33.4 Å². The molecule has 0 saturated carbocycles. The van der Waals surface area contributed by atoms with Gasteiger partial charge in [-0.3, -0.25) is 4.90 Å². The number of ether oxygens (including phenoxy) is 1. The zero-order chi connectivity index (χ0) is 20.9. The van der Waals surface area contributed by atoms with Gasteiger partial charge in [0.25, 0.3) is 0 Å². The second kappa shape index (κ2) is 10.2. The lowest BCUT2D eigenvalue weighted by molar-refractivity contribution is 0.0551. The van der Waals surface area contributed by atoms with E-state index in [0.29, 0.717) is 26.1 Å². The minimum Gasteiger partial charge on any atom is -0.376 e. The van der Waals surface area contributed by atoms with Gasteiger partial charge >= 0.3 is 0 Å². The van der Waals surface area contributed by atoms with Crippen LogP contribution in [-0.2, 0) is 21.2 Å². The quantitative estimate of drug-likeness (QED) is 0.683. The molecule has 3 rings (SSSR count). The van der Waals surface area contributed by atoms with Crippen LogP contribution in [0.5, 0.6) is 0 Å². The molecule has 1 aliphatic heterocycles.